The lowest BCUT2D eigenvalue weighted by Gasteiger charge is -2.36. The van der Waals surface area contributed by atoms with Crippen LogP contribution in [0.1, 0.15) is 5.69 Å². The number of H-pyrrole nitrogens is 1. The van der Waals surface area contributed by atoms with E-state index in [0.29, 0.717) is 33.7 Å². The molecule has 5 rings (SSSR count). The Bertz CT molecular complexity index is 1450. The summed E-state index contributed by atoms with van der Waals surface area (Å²) in [6, 6.07) is 10.1. The normalized spacial score (nSPS) is 15.4. The Kier molecular flexibility index (Phi) is 8.07. The van der Waals surface area contributed by atoms with Crippen LogP contribution in [0.5, 0.6) is 0 Å². The van der Waals surface area contributed by atoms with Gasteiger partial charge in [0.15, 0.2) is 5.82 Å². The van der Waals surface area contributed by atoms with Crippen molar-refractivity contribution in [3.63, 3.8) is 0 Å². The monoisotopic (exact) mass is 534 g/mol. The van der Waals surface area contributed by atoms with Crippen LogP contribution in [0.15, 0.2) is 48.8 Å². The molecule has 12 heteroatoms. The van der Waals surface area contributed by atoms with Crippen LogP contribution < -0.4 is 10.6 Å². The number of para-hydroxylation sites is 1. The molecule has 4 aromatic rings. The number of hydrogen-bond donors (Lipinski definition) is 4. The molecule has 1 amide bonds. The van der Waals surface area contributed by atoms with Gasteiger partial charge in [-0.2, -0.15) is 0 Å². The van der Waals surface area contributed by atoms with Gasteiger partial charge in [-0.25, -0.2) is 19.3 Å². The number of benzene rings is 1. The van der Waals surface area contributed by atoms with Crippen LogP contribution in [0.2, 0.25) is 0 Å². The average Bonchev–Trinajstić information content (AvgIpc) is 3.38. The molecule has 39 heavy (non-hydrogen) atoms. The number of anilines is 3. The number of aliphatic hydroxyl groups is 1. The van der Waals surface area contributed by atoms with Crippen LogP contribution in [0.25, 0.3) is 22.2 Å². The molecular weight excluding hydrogens is 503 g/mol. The standard InChI is InChI=1S/C27H31FN8O3/c1-35-9-11-36(12-10-35)22(16-39-2)26(38)32-21-7-4-6-18-19(13-29-25(18)21)24-20(28)14-30-27(34-24)33-23-8-3-5-17(15-37)31-23/h3-8,13-14,22,29,37H,9-12,15-16H2,1-2H3,(H,32,38)(H,30,31,33,34). The number of amides is 1. The quantitative estimate of drug-likeness (QED) is 0.256. The molecule has 1 saturated heterocycles. The fourth-order valence-corrected chi connectivity index (χ4v) is 4.68. The number of nitrogens with zero attached hydrogens (tertiary/aromatic N) is 5. The largest absolute Gasteiger partial charge is 0.390 e. The number of hydrogen-bond acceptors (Lipinski definition) is 9. The summed E-state index contributed by atoms with van der Waals surface area (Å²) in [5.41, 5.74) is 2.33. The molecule has 1 fully saturated rings. The number of aromatic amines is 1. The van der Waals surface area contributed by atoms with E-state index < -0.39 is 11.9 Å². The van der Waals surface area contributed by atoms with Crippen molar-refractivity contribution in [2.75, 3.05) is 57.6 Å². The van der Waals surface area contributed by atoms with Gasteiger partial charge >= 0.3 is 0 Å². The van der Waals surface area contributed by atoms with E-state index in [1.54, 1.807) is 43.6 Å². The summed E-state index contributed by atoms with van der Waals surface area (Å²) in [4.78, 5) is 33.6. The fourth-order valence-electron chi connectivity index (χ4n) is 4.68. The van der Waals surface area contributed by atoms with Crippen molar-refractivity contribution < 1.29 is 19.0 Å². The van der Waals surface area contributed by atoms with E-state index in [9.17, 15) is 14.3 Å². The predicted molar refractivity (Wildman–Crippen MR) is 146 cm³/mol. The third-order valence-electron chi connectivity index (χ3n) is 6.79. The number of likely N-dealkylation sites (N-methyl/N-ethyl adjacent to an activating group) is 1. The fraction of sp³-hybridized carbons (Fsp3) is 0.333. The Hall–Kier alpha value is -3.97. The first-order chi connectivity index (χ1) is 19.0. The molecule has 1 atom stereocenters. The predicted octanol–water partition coefficient (Wildman–Crippen LogP) is 2.60. The Labute approximate surface area is 225 Å². The van der Waals surface area contributed by atoms with Gasteiger partial charge in [0.05, 0.1) is 36.3 Å². The molecule has 1 aliphatic rings. The van der Waals surface area contributed by atoms with Crippen molar-refractivity contribution in [1.82, 2.24) is 29.7 Å². The summed E-state index contributed by atoms with van der Waals surface area (Å²) in [6.07, 6.45) is 2.75. The second kappa shape index (κ2) is 11.8. The number of carbonyl (C=O) groups excluding carboxylic acids is 1. The molecule has 1 aliphatic heterocycles. The van der Waals surface area contributed by atoms with Gasteiger partial charge in [-0.3, -0.25) is 9.69 Å². The zero-order chi connectivity index (χ0) is 27.4. The first-order valence-corrected chi connectivity index (χ1v) is 12.7. The molecule has 0 bridgehead atoms. The zero-order valence-corrected chi connectivity index (χ0v) is 21.8. The highest BCUT2D eigenvalue weighted by atomic mass is 19.1. The molecule has 0 spiro atoms. The van der Waals surface area contributed by atoms with E-state index >= 15 is 0 Å². The molecule has 11 nitrogen and oxygen atoms in total. The van der Waals surface area contributed by atoms with E-state index in [-0.39, 0.29) is 30.8 Å². The molecule has 0 aliphatic carbocycles. The summed E-state index contributed by atoms with van der Waals surface area (Å²) in [5.74, 6) is -0.179. The SMILES string of the molecule is COCC(C(=O)Nc1cccc2c(-c3nc(Nc4cccc(CO)n4)ncc3F)c[nH]c12)N1CCN(C)CC1. The minimum atomic E-state index is -0.594. The van der Waals surface area contributed by atoms with Gasteiger partial charge in [-0.15, -0.1) is 0 Å². The Balaban J connectivity index is 1.41. The smallest absolute Gasteiger partial charge is 0.244 e. The van der Waals surface area contributed by atoms with Gasteiger partial charge in [0.1, 0.15) is 17.6 Å². The highest BCUT2D eigenvalue weighted by Crippen LogP contribution is 2.33. The average molecular weight is 535 g/mol. The van der Waals surface area contributed by atoms with Crippen molar-refractivity contribution in [2.24, 2.45) is 0 Å². The number of aliphatic hydroxyl groups excluding tert-OH is 1. The Morgan fingerprint density at radius 3 is 2.74 bits per heavy atom. The summed E-state index contributed by atoms with van der Waals surface area (Å²) in [6.45, 7) is 3.39. The van der Waals surface area contributed by atoms with Crippen LogP contribution in [-0.4, -0.2) is 93.7 Å². The number of nitrogens with one attached hydrogen (secondary N) is 3. The lowest BCUT2D eigenvalue weighted by molar-refractivity contribution is -0.124. The van der Waals surface area contributed by atoms with E-state index in [1.807, 2.05) is 6.07 Å². The molecule has 1 unspecified atom stereocenters. The van der Waals surface area contributed by atoms with Crippen LogP contribution in [-0.2, 0) is 16.1 Å². The number of fused-ring (bicyclic) bond motifs is 1. The number of piperazine rings is 1. The van der Waals surface area contributed by atoms with Crippen LogP contribution in [0.3, 0.4) is 0 Å². The van der Waals surface area contributed by atoms with Gasteiger partial charge in [0.2, 0.25) is 11.9 Å². The molecule has 4 N–H and O–H groups in total. The number of aromatic nitrogens is 4. The van der Waals surface area contributed by atoms with Crippen molar-refractivity contribution >= 4 is 34.3 Å². The Morgan fingerprint density at radius 1 is 1.18 bits per heavy atom. The molecule has 3 aromatic heterocycles. The number of pyridine rings is 1. The molecule has 204 valence electrons. The van der Waals surface area contributed by atoms with E-state index in [0.717, 1.165) is 32.4 Å². The van der Waals surface area contributed by atoms with E-state index in [4.69, 9.17) is 4.74 Å². The maximum absolute atomic E-state index is 14.9. The Morgan fingerprint density at radius 2 is 1.97 bits per heavy atom. The summed E-state index contributed by atoms with van der Waals surface area (Å²) in [5, 5.41) is 16.0. The number of ether oxygens (including phenoxy) is 1. The maximum atomic E-state index is 14.9. The first kappa shape index (κ1) is 26.6. The van der Waals surface area contributed by atoms with Crippen molar-refractivity contribution in [3.05, 3.63) is 60.3 Å². The van der Waals surface area contributed by atoms with Crippen molar-refractivity contribution in [3.8, 4) is 11.3 Å². The van der Waals surface area contributed by atoms with Crippen molar-refractivity contribution in [1.29, 1.82) is 0 Å². The minimum Gasteiger partial charge on any atom is -0.390 e. The highest BCUT2D eigenvalue weighted by Gasteiger charge is 2.29. The number of halogens is 1. The topological polar surface area (TPSA) is 132 Å². The number of methoxy groups -OCH3 is 1. The third-order valence-corrected chi connectivity index (χ3v) is 6.79. The van der Waals surface area contributed by atoms with E-state index in [2.05, 4.69) is 47.4 Å². The zero-order valence-electron chi connectivity index (χ0n) is 21.8. The second-order valence-electron chi connectivity index (χ2n) is 9.42. The molecule has 0 saturated carbocycles. The van der Waals surface area contributed by atoms with Gasteiger partial charge in [0, 0.05) is 50.4 Å². The lowest BCUT2D eigenvalue weighted by Crippen LogP contribution is -2.54. The minimum absolute atomic E-state index is 0.0928. The van der Waals surface area contributed by atoms with Crippen LogP contribution in [0.4, 0.5) is 21.8 Å². The lowest BCUT2D eigenvalue weighted by atomic mass is 10.1. The molecule has 4 heterocycles. The summed E-state index contributed by atoms with van der Waals surface area (Å²) < 4.78 is 20.3. The summed E-state index contributed by atoms with van der Waals surface area (Å²) >= 11 is 0. The number of rotatable bonds is 9. The van der Waals surface area contributed by atoms with E-state index in [1.165, 1.54) is 0 Å². The van der Waals surface area contributed by atoms with Crippen molar-refractivity contribution in [2.45, 2.75) is 12.6 Å². The molecule has 1 aromatic carbocycles. The number of carbonyl (C=O) groups is 1. The first-order valence-electron chi connectivity index (χ1n) is 12.7. The van der Waals surface area contributed by atoms with Crippen LogP contribution >= 0.6 is 0 Å². The van der Waals surface area contributed by atoms with Gasteiger partial charge in [-0.05, 0) is 25.2 Å². The third kappa shape index (κ3) is 5.88. The molecular formula is C27H31FN8O3. The highest BCUT2D eigenvalue weighted by molar-refractivity contribution is 6.06. The second-order valence-corrected chi connectivity index (χ2v) is 9.42. The van der Waals surface area contributed by atoms with Gasteiger partial charge in [-0.1, -0.05) is 18.2 Å². The summed E-state index contributed by atoms with van der Waals surface area (Å²) in [7, 11) is 3.66. The van der Waals surface area contributed by atoms with Crippen LogP contribution in [0, 0.1) is 5.82 Å². The molecule has 0 radical (unpaired) electrons. The van der Waals surface area contributed by atoms with Gasteiger partial charge in [0.25, 0.3) is 0 Å². The van der Waals surface area contributed by atoms with Gasteiger partial charge < -0.3 is 30.4 Å². The maximum Gasteiger partial charge on any atom is 0.244 e.